The van der Waals surface area contributed by atoms with Gasteiger partial charge in [0, 0.05) is 25.2 Å². The maximum absolute atomic E-state index is 6.20. The van der Waals surface area contributed by atoms with Crippen molar-refractivity contribution in [3.8, 4) is 0 Å². The monoisotopic (exact) mass is 288 g/mol. The maximum Gasteiger partial charge on any atom is 0.151 e. The summed E-state index contributed by atoms with van der Waals surface area (Å²) in [4.78, 5) is 7.21. The van der Waals surface area contributed by atoms with Crippen LogP contribution in [0.1, 0.15) is 26.0 Å². The molecule has 0 bridgehead atoms. The Balaban J connectivity index is 2.05. The molecule has 0 aromatic carbocycles. The molecule has 1 aliphatic rings. The summed E-state index contributed by atoms with van der Waals surface area (Å²) in [6, 6.07) is 6.64. The van der Waals surface area contributed by atoms with Gasteiger partial charge in [-0.15, -0.1) is 0 Å². The minimum Gasteiger partial charge on any atom is -0.377 e. The van der Waals surface area contributed by atoms with Gasteiger partial charge in [-0.3, -0.25) is 0 Å². The van der Waals surface area contributed by atoms with Crippen molar-refractivity contribution in [2.75, 3.05) is 24.7 Å². The summed E-state index contributed by atoms with van der Waals surface area (Å²) in [6.07, 6.45) is 3.90. The van der Waals surface area contributed by atoms with Crippen LogP contribution in [-0.2, 0) is 11.2 Å². The second-order valence-corrected chi connectivity index (χ2v) is 5.80. The maximum atomic E-state index is 6.20. The number of hydrogen-bond donors (Lipinski definition) is 1. The number of ether oxygens (including phenoxy) is 1. The lowest BCUT2D eigenvalue weighted by Crippen LogP contribution is -2.44. The van der Waals surface area contributed by atoms with Crippen molar-refractivity contribution in [1.29, 1.82) is 0 Å². The molecule has 2 unspecified atom stereocenters. The van der Waals surface area contributed by atoms with E-state index in [0.717, 1.165) is 44.1 Å². The fourth-order valence-corrected chi connectivity index (χ4v) is 2.89. The van der Waals surface area contributed by atoms with Gasteiger partial charge in [0.1, 0.15) is 5.65 Å². The van der Waals surface area contributed by atoms with Crippen LogP contribution in [-0.4, -0.2) is 41.2 Å². The summed E-state index contributed by atoms with van der Waals surface area (Å²) in [5.74, 6) is 1.07. The summed E-state index contributed by atoms with van der Waals surface area (Å²) in [6.45, 7) is 6.72. The van der Waals surface area contributed by atoms with Gasteiger partial charge in [0.15, 0.2) is 5.82 Å². The van der Waals surface area contributed by atoms with Gasteiger partial charge in [-0.2, -0.15) is 0 Å². The number of anilines is 1. The van der Waals surface area contributed by atoms with E-state index in [-0.39, 0.29) is 6.04 Å². The summed E-state index contributed by atoms with van der Waals surface area (Å²) in [7, 11) is 0. The largest absolute Gasteiger partial charge is 0.377 e. The zero-order valence-corrected chi connectivity index (χ0v) is 12.8. The Kier molecular flexibility index (Phi) is 4.12. The van der Waals surface area contributed by atoms with E-state index in [4.69, 9.17) is 15.5 Å². The third-order valence-corrected chi connectivity index (χ3v) is 4.23. The molecule has 1 aliphatic heterocycles. The van der Waals surface area contributed by atoms with Crippen LogP contribution in [0.2, 0.25) is 0 Å². The van der Waals surface area contributed by atoms with E-state index in [1.165, 1.54) is 5.69 Å². The Morgan fingerprint density at radius 3 is 3.10 bits per heavy atom. The molecule has 1 fully saturated rings. The Morgan fingerprint density at radius 1 is 1.48 bits per heavy atom. The molecule has 114 valence electrons. The van der Waals surface area contributed by atoms with Crippen LogP contribution in [0.5, 0.6) is 0 Å². The van der Waals surface area contributed by atoms with Crippen molar-refractivity contribution < 1.29 is 4.74 Å². The van der Waals surface area contributed by atoms with Gasteiger partial charge in [-0.25, -0.2) is 4.98 Å². The summed E-state index contributed by atoms with van der Waals surface area (Å²) >= 11 is 0. The molecule has 3 rings (SSSR count). The smallest absolute Gasteiger partial charge is 0.151 e. The molecular formula is C16H24N4O. The van der Waals surface area contributed by atoms with Crippen LogP contribution in [0.3, 0.4) is 0 Å². The van der Waals surface area contributed by atoms with Gasteiger partial charge in [0.25, 0.3) is 0 Å². The first kappa shape index (κ1) is 14.4. The highest BCUT2D eigenvalue weighted by Crippen LogP contribution is 2.26. The number of fused-ring (bicyclic) bond motifs is 1. The normalized spacial score (nSPS) is 20.9. The van der Waals surface area contributed by atoms with Crippen LogP contribution in [0.25, 0.3) is 5.65 Å². The minimum atomic E-state index is 0.167. The number of nitrogens with two attached hydrogens (primary N) is 1. The molecule has 0 amide bonds. The number of nitrogens with zero attached hydrogens (tertiary/aromatic N) is 3. The number of hydrogen-bond acceptors (Lipinski definition) is 4. The molecule has 1 saturated heterocycles. The van der Waals surface area contributed by atoms with Crippen molar-refractivity contribution in [2.24, 2.45) is 5.73 Å². The van der Waals surface area contributed by atoms with Crippen molar-refractivity contribution in [2.45, 2.75) is 38.8 Å². The quantitative estimate of drug-likeness (QED) is 0.932. The Hall–Kier alpha value is -1.59. The second-order valence-electron chi connectivity index (χ2n) is 5.80. The first-order valence-electron chi connectivity index (χ1n) is 7.76. The van der Waals surface area contributed by atoms with E-state index in [9.17, 15) is 0 Å². The van der Waals surface area contributed by atoms with Gasteiger partial charge in [0.05, 0.1) is 24.9 Å². The lowest BCUT2D eigenvalue weighted by molar-refractivity contribution is 0.0985. The molecule has 2 aromatic heterocycles. The molecule has 0 aliphatic carbocycles. The Bertz CT molecular complexity index is 609. The first-order valence-corrected chi connectivity index (χ1v) is 7.76. The molecule has 21 heavy (non-hydrogen) atoms. The van der Waals surface area contributed by atoms with Crippen molar-refractivity contribution in [1.82, 2.24) is 9.38 Å². The van der Waals surface area contributed by atoms with Crippen molar-refractivity contribution >= 4 is 11.5 Å². The highest BCUT2D eigenvalue weighted by atomic mass is 16.5. The highest BCUT2D eigenvalue weighted by Gasteiger charge is 2.25. The van der Waals surface area contributed by atoms with E-state index < -0.39 is 0 Å². The molecule has 0 saturated carbocycles. The summed E-state index contributed by atoms with van der Waals surface area (Å²) < 4.78 is 7.72. The van der Waals surface area contributed by atoms with E-state index in [0.29, 0.717) is 6.04 Å². The lowest BCUT2D eigenvalue weighted by Gasteiger charge is -2.34. The van der Waals surface area contributed by atoms with E-state index >= 15 is 0 Å². The van der Waals surface area contributed by atoms with Crippen molar-refractivity contribution in [3.05, 3.63) is 30.1 Å². The minimum absolute atomic E-state index is 0.167. The molecule has 2 atom stereocenters. The molecule has 5 nitrogen and oxygen atoms in total. The van der Waals surface area contributed by atoms with Crippen LogP contribution in [0, 0.1) is 0 Å². The fraction of sp³-hybridized carbons (Fsp3) is 0.562. The lowest BCUT2D eigenvalue weighted by atomic mass is 10.1. The second kappa shape index (κ2) is 6.03. The number of imidazole rings is 1. The third-order valence-electron chi connectivity index (χ3n) is 4.23. The average molecular weight is 288 g/mol. The fourth-order valence-electron chi connectivity index (χ4n) is 2.89. The molecule has 5 heteroatoms. The van der Waals surface area contributed by atoms with Gasteiger partial charge in [-0.05, 0) is 25.5 Å². The summed E-state index contributed by atoms with van der Waals surface area (Å²) in [5, 5.41) is 0. The standard InChI is InChI=1S/C16H24N4O/c1-3-13(17)10-14-16(19-8-9-21-11-12(19)2)18-15-6-4-5-7-20(14)15/h4-7,12-13H,3,8-11,17H2,1-2H3. The van der Waals surface area contributed by atoms with Gasteiger partial charge in [-0.1, -0.05) is 13.0 Å². The van der Waals surface area contributed by atoms with Gasteiger partial charge >= 0.3 is 0 Å². The van der Waals surface area contributed by atoms with E-state index in [2.05, 4.69) is 35.4 Å². The molecular weight excluding hydrogens is 264 g/mol. The van der Waals surface area contributed by atoms with Gasteiger partial charge < -0.3 is 19.8 Å². The third kappa shape index (κ3) is 2.76. The Morgan fingerprint density at radius 2 is 2.33 bits per heavy atom. The highest BCUT2D eigenvalue weighted by molar-refractivity contribution is 5.57. The predicted octanol–water partition coefficient (Wildman–Crippen LogP) is 1.84. The van der Waals surface area contributed by atoms with Crippen LogP contribution in [0.15, 0.2) is 24.4 Å². The van der Waals surface area contributed by atoms with Crippen LogP contribution >= 0.6 is 0 Å². The summed E-state index contributed by atoms with van der Waals surface area (Å²) in [5.41, 5.74) is 8.41. The van der Waals surface area contributed by atoms with E-state index in [1.54, 1.807) is 0 Å². The predicted molar refractivity (Wildman–Crippen MR) is 84.8 cm³/mol. The van der Waals surface area contributed by atoms with Gasteiger partial charge in [0.2, 0.25) is 0 Å². The van der Waals surface area contributed by atoms with Crippen LogP contribution < -0.4 is 10.6 Å². The molecule has 2 N–H and O–H groups in total. The average Bonchev–Trinajstić information content (AvgIpc) is 2.86. The topological polar surface area (TPSA) is 55.8 Å². The zero-order chi connectivity index (χ0) is 14.8. The number of pyridine rings is 1. The first-order chi connectivity index (χ1) is 10.2. The number of aromatic nitrogens is 2. The van der Waals surface area contributed by atoms with E-state index in [1.807, 2.05) is 12.1 Å². The zero-order valence-electron chi connectivity index (χ0n) is 12.8. The number of morpholine rings is 1. The molecule has 3 heterocycles. The van der Waals surface area contributed by atoms with Crippen LogP contribution in [0.4, 0.5) is 5.82 Å². The molecule has 0 radical (unpaired) electrons. The molecule has 0 spiro atoms. The SMILES string of the molecule is CCC(N)Cc1c(N2CCOCC2C)nc2ccccn12. The Labute approximate surface area is 125 Å². The molecule has 2 aromatic rings. The van der Waals surface area contributed by atoms with Crippen molar-refractivity contribution in [3.63, 3.8) is 0 Å². The number of rotatable bonds is 4.